The molecule has 0 N–H and O–H groups in total. The van der Waals surface area contributed by atoms with Crippen molar-refractivity contribution in [3.05, 3.63) is 243 Å². The highest BCUT2D eigenvalue weighted by atomic mass is 15.0. The van der Waals surface area contributed by atoms with Crippen LogP contribution in [0, 0.1) is 0 Å². The molecule has 2 heterocycles. The third kappa shape index (κ3) is 5.66. The van der Waals surface area contributed by atoms with Crippen molar-refractivity contribution < 1.29 is 0 Å². The molecule has 0 aliphatic carbocycles. The second kappa shape index (κ2) is 14.6. The average molecular weight is 813 g/mol. The number of fused-ring (bicyclic) bond motifs is 8. The molecule has 2 heteroatoms. The minimum Gasteiger partial charge on any atom is -0.309 e. The van der Waals surface area contributed by atoms with E-state index < -0.39 is 0 Å². The summed E-state index contributed by atoms with van der Waals surface area (Å²) in [6, 6.07) is 89.1. The predicted molar refractivity (Wildman–Crippen MR) is 272 cm³/mol. The summed E-state index contributed by atoms with van der Waals surface area (Å²) in [6.45, 7) is 0. The maximum absolute atomic E-state index is 2.46. The van der Waals surface area contributed by atoms with Gasteiger partial charge in [-0.2, -0.15) is 0 Å². The molecule has 0 amide bonds. The molecule has 0 radical (unpaired) electrons. The Bertz CT molecular complexity index is 3700. The van der Waals surface area contributed by atoms with Crippen molar-refractivity contribution in [3.8, 4) is 55.9 Å². The van der Waals surface area contributed by atoms with E-state index in [1.54, 1.807) is 0 Å². The lowest BCUT2D eigenvalue weighted by molar-refractivity contribution is 1.18. The standard InChI is InChI=1S/C62H40N2/c1-4-16-41(17-5-1)42-30-32-43(33-31-42)62-54-26-14-24-48(44-34-36-52-50-22-10-12-28-58(50)63(60(52)38-44)46-18-6-2-7-19-46)56(54)40-57-49(25-15-27-55(57)62)45-35-37-53-51-23-11-13-29-59(51)64(61(53)39-45)47-20-8-3-9-21-47/h1-40H. The lowest BCUT2D eigenvalue weighted by Gasteiger charge is -2.18. The molecule has 13 rings (SSSR count). The molecule has 0 aliphatic heterocycles. The smallest absolute Gasteiger partial charge is 0.0547 e. The number of hydrogen-bond donors (Lipinski definition) is 0. The Morgan fingerprint density at radius 2 is 0.578 bits per heavy atom. The zero-order valence-corrected chi connectivity index (χ0v) is 35.0. The Hall–Kier alpha value is -8.46. The van der Waals surface area contributed by atoms with Crippen LogP contribution in [0.4, 0.5) is 0 Å². The van der Waals surface area contributed by atoms with Crippen LogP contribution in [0.5, 0.6) is 0 Å². The molecule has 0 unspecified atom stereocenters. The summed E-state index contributed by atoms with van der Waals surface area (Å²) >= 11 is 0. The Morgan fingerprint density at radius 3 is 1.08 bits per heavy atom. The quantitative estimate of drug-likeness (QED) is 0.148. The van der Waals surface area contributed by atoms with Gasteiger partial charge in [0.1, 0.15) is 0 Å². The molecule has 11 aromatic carbocycles. The van der Waals surface area contributed by atoms with Gasteiger partial charge < -0.3 is 9.13 Å². The van der Waals surface area contributed by atoms with Crippen molar-refractivity contribution in [1.82, 2.24) is 9.13 Å². The third-order valence-electron chi connectivity index (χ3n) is 13.3. The Labute approximate surface area is 371 Å². The van der Waals surface area contributed by atoms with Crippen molar-refractivity contribution in [3.63, 3.8) is 0 Å². The molecule has 0 saturated heterocycles. The monoisotopic (exact) mass is 812 g/mol. The first-order valence-electron chi connectivity index (χ1n) is 22.1. The van der Waals surface area contributed by atoms with Crippen LogP contribution in [0.25, 0.3) is 121 Å². The van der Waals surface area contributed by atoms with Crippen LogP contribution in [0.15, 0.2) is 243 Å². The van der Waals surface area contributed by atoms with E-state index in [2.05, 4.69) is 252 Å². The van der Waals surface area contributed by atoms with Gasteiger partial charge in [0.25, 0.3) is 0 Å². The van der Waals surface area contributed by atoms with Gasteiger partial charge >= 0.3 is 0 Å². The fourth-order valence-electron chi connectivity index (χ4n) is 10.4. The van der Waals surface area contributed by atoms with Crippen LogP contribution in [-0.2, 0) is 0 Å². The molecule has 2 nitrogen and oxygen atoms in total. The zero-order chi connectivity index (χ0) is 42.1. The topological polar surface area (TPSA) is 9.86 Å². The SMILES string of the molecule is c1ccc(-c2ccc(-c3c4cccc(-c5ccc6c7ccccc7n(-c7ccccc7)c6c5)c4cc4c(-c5ccc6c7ccccc7n(-c7ccccc7)c6c5)cccc34)cc2)cc1. The highest BCUT2D eigenvalue weighted by Gasteiger charge is 2.20. The van der Waals surface area contributed by atoms with Crippen LogP contribution in [0.1, 0.15) is 0 Å². The lowest BCUT2D eigenvalue weighted by Crippen LogP contribution is -1.94. The van der Waals surface area contributed by atoms with Gasteiger partial charge in [-0.3, -0.25) is 0 Å². The number of benzene rings is 11. The fourth-order valence-corrected chi connectivity index (χ4v) is 10.4. The fraction of sp³-hybridized carbons (Fsp3) is 0. The van der Waals surface area contributed by atoms with Crippen molar-refractivity contribution in [2.45, 2.75) is 0 Å². The molecule has 0 atom stereocenters. The van der Waals surface area contributed by atoms with Crippen molar-refractivity contribution in [1.29, 1.82) is 0 Å². The largest absolute Gasteiger partial charge is 0.309 e. The second-order valence-corrected chi connectivity index (χ2v) is 16.8. The van der Waals surface area contributed by atoms with Gasteiger partial charge in [0, 0.05) is 32.9 Å². The number of hydrogen-bond acceptors (Lipinski definition) is 0. The number of nitrogens with zero attached hydrogens (tertiary/aromatic N) is 2. The molecular formula is C62H40N2. The van der Waals surface area contributed by atoms with Gasteiger partial charge in [0.05, 0.1) is 22.1 Å². The van der Waals surface area contributed by atoms with Crippen LogP contribution in [0.3, 0.4) is 0 Å². The molecule has 0 bridgehead atoms. The van der Waals surface area contributed by atoms with E-state index in [1.165, 1.54) is 110 Å². The van der Waals surface area contributed by atoms with Crippen molar-refractivity contribution in [2.24, 2.45) is 0 Å². The molecule has 0 saturated carbocycles. The summed E-state index contributed by atoms with van der Waals surface area (Å²) in [5, 5.41) is 9.93. The maximum Gasteiger partial charge on any atom is 0.0547 e. The molecule has 2 aromatic heterocycles. The van der Waals surface area contributed by atoms with Crippen LogP contribution >= 0.6 is 0 Å². The molecular weight excluding hydrogens is 773 g/mol. The van der Waals surface area contributed by atoms with Crippen LogP contribution in [0.2, 0.25) is 0 Å². The van der Waals surface area contributed by atoms with Crippen LogP contribution < -0.4 is 0 Å². The molecule has 0 aliphatic rings. The number of aromatic nitrogens is 2. The predicted octanol–water partition coefficient (Wildman–Crippen LogP) is 16.9. The van der Waals surface area contributed by atoms with E-state index >= 15 is 0 Å². The highest BCUT2D eigenvalue weighted by molar-refractivity contribution is 6.20. The molecule has 13 aromatic rings. The first-order valence-corrected chi connectivity index (χ1v) is 22.1. The average Bonchev–Trinajstić information content (AvgIpc) is 3.88. The van der Waals surface area contributed by atoms with Gasteiger partial charge in [0.2, 0.25) is 0 Å². The van der Waals surface area contributed by atoms with Gasteiger partial charge in [-0.15, -0.1) is 0 Å². The van der Waals surface area contributed by atoms with Gasteiger partial charge in [-0.05, 0) is 121 Å². The van der Waals surface area contributed by atoms with Crippen molar-refractivity contribution >= 4 is 65.2 Å². The minimum atomic E-state index is 1.16. The van der Waals surface area contributed by atoms with E-state index in [9.17, 15) is 0 Å². The first-order chi connectivity index (χ1) is 31.8. The summed E-state index contributed by atoms with van der Waals surface area (Å²) in [7, 11) is 0. The normalized spacial score (nSPS) is 11.8. The maximum atomic E-state index is 2.46. The van der Waals surface area contributed by atoms with Crippen molar-refractivity contribution in [2.75, 3.05) is 0 Å². The van der Waals surface area contributed by atoms with Gasteiger partial charge in [-0.1, -0.05) is 188 Å². The van der Waals surface area contributed by atoms with E-state index in [0.717, 1.165) is 11.4 Å². The molecule has 64 heavy (non-hydrogen) atoms. The number of rotatable bonds is 6. The summed E-state index contributed by atoms with van der Waals surface area (Å²) in [5.41, 5.74) is 16.8. The zero-order valence-electron chi connectivity index (χ0n) is 35.0. The minimum absolute atomic E-state index is 1.16. The third-order valence-corrected chi connectivity index (χ3v) is 13.3. The highest BCUT2D eigenvalue weighted by Crippen LogP contribution is 2.45. The Morgan fingerprint density at radius 1 is 0.203 bits per heavy atom. The second-order valence-electron chi connectivity index (χ2n) is 16.8. The molecule has 0 fully saturated rings. The van der Waals surface area contributed by atoms with E-state index in [4.69, 9.17) is 0 Å². The Balaban J connectivity index is 1.08. The first kappa shape index (κ1) is 36.2. The van der Waals surface area contributed by atoms with E-state index in [1.807, 2.05) is 0 Å². The molecule has 298 valence electrons. The van der Waals surface area contributed by atoms with E-state index in [-0.39, 0.29) is 0 Å². The summed E-state index contributed by atoms with van der Waals surface area (Å²) < 4.78 is 4.83. The van der Waals surface area contributed by atoms with Gasteiger partial charge in [0.15, 0.2) is 0 Å². The lowest BCUT2D eigenvalue weighted by atomic mass is 9.86. The van der Waals surface area contributed by atoms with E-state index in [0.29, 0.717) is 0 Å². The number of para-hydroxylation sites is 4. The van der Waals surface area contributed by atoms with Crippen LogP contribution in [-0.4, -0.2) is 9.13 Å². The Kier molecular flexibility index (Phi) is 8.25. The summed E-state index contributed by atoms with van der Waals surface area (Å²) in [6.07, 6.45) is 0. The molecule has 0 spiro atoms. The summed E-state index contributed by atoms with van der Waals surface area (Å²) in [4.78, 5) is 0. The van der Waals surface area contributed by atoms with Gasteiger partial charge in [-0.25, -0.2) is 0 Å². The summed E-state index contributed by atoms with van der Waals surface area (Å²) in [5.74, 6) is 0.